The fraction of sp³-hybridized carbons (Fsp3) is 0.375. The van der Waals surface area contributed by atoms with E-state index in [9.17, 15) is 19.5 Å². The van der Waals surface area contributed by atoms with Gasteiger partial charge in [0, 0.05) is 6.42 Å². The van der Waals surface area contributed by atoms with Crippen molar-refractivity contribution in [1.29, 1.82) is 0 Å². The van der Waals surface area contributed by atoms with Gasteiger partial charge < -0.3 is 26.2 Å². The molecule has 0 unspecified atom stereocenters. The van der Waals surface area contributed by atoms with Gasteiger partial charge in [0.15, 0.2) is 0 Å². The maximum atomic E-state index is 13.0. The van der Waals surface area contributed by atoms with Crippen LogP contribution in [0.5, 0.6) is 5.75 Å². The van der Waals surface area contributed by atoms with Crippen LogP contribution in [-0.2, 0) is 32.0 Å². The van der Waals surface area contributed by atoms with E-state index in [1.807, 2.05) is 36.6 Å². The molecule has 33 heavy (non-hydrogen) atoms. The Hall–Kier alpha value is -3.04. The van der Waals surface area contributed by atoms with Crippen LogP contribution in [0.4, 0.5) is 0 Å². The van der Waals surface area contributed by atoms with Gasteiger partial charge in [-0.05, 0) is 48.1 Å². The van der Waals surface area contributed by atoms with Crippen molar-refractivity contribution < 1.29 is 24.2 Å². The van der Waals surface area contributed by atoms with Crippen LogP contribution < -0.4 is 16.4 Å². The van der Waals surface area contributed by atoms with Gasteiger partial charge >= 0.3 is 5.97 Å². The van der Waals surface area contributed by atoms with Crippen molar-refractivity contribution in [3.8, 4) is 5.75 Å². The van der Waals surface area contributed by atoms with E-state index in [4.69, 9.17) is 10.5 Å². The summed E-state index contributed by atoms with van der Waals surface area (Å²) in [4.78, 5) is 38.0. The summed E-state index contributed by atoms with van der Waals surface area (Å²) in [5.74, 6) is -0.748. The first-order chi connectivity index (χ1) is 15.8. The number of aromatic hydroxyl groups is 1. The van der Waals surface area contributed by atoms with Crippen molar-refractivity contribution in [3.05, 3.63) is 65.7 Å². The third-order valence-corrected chi connectivity index (χ3v) is 5.70. The summed E-state index contributed by atoms with van der Waals surface area (Å²) in [6.07, 6.45) is 2.80. The van der Waals surface area contributed by atoms with Gasteiger partial charge in [0.2, 0.25) is 11.8 Å². The Kier molecular flexibility index (Phi) is 10.7. The fourth-order valence-corrected chi connectivity index (χ4v) is 3.69. The van der Waals surface area contributed by atoms with Crippen LogP contribution in [0.2, 0.25) is 0 Å². The lowest BCUT2D eigenvalue weighted by molar-refractivity contribution is -0.145. The third-order valence-electron chi connectivity index (χ3n) is 5.06. The number of hydrogen-bond acceptors (Lipinski definition) is 7. The van der Waals surface area contributed by atoms with Gasteiger partial charge in [0.05, 0.1) is 13.2 Å². The maximum Gasteiger partial charge on any atom is 0.328 e. The molecule has 0 heterocycles. The minimum Gasteiger partial charge on any atom is -0.508 e. The molecule has 2 aromatic rings. The molecule has 2 amide bonds. The van der Waals surface area contributed by atoms with E-state index in [1.54, 1.807) is 23.9 Å². The molecular weight excluding hydrogens is 442 g/mol. The van der Waals surface area contributed by atoms with Gasteiger partial charge in [0.25, 0.3) is 0 Å². The molecule has 2 rings (SSSR count). The number of esters is 1. The molecule has 0 spiro atoms. The number of rotatable bonds is 12. The zero-order chi connectivity index (χ0) is 24.2. The van der Waals surface area contributed by atoms with Crippen LogP contribution in [0.1, 0.15) is 17.5 Å². The molecule has 0 aliphatic heterocycles. The minimum absolute atomic E-state index is 0.126. The number of ether oxygens (including phenoxy) is 1. The molecule has 0 aliphatic rings. The number of methoxy groups -OCH3 is 1. The number of nitrogens with two attached hydrogens (primary N) is 1. The average Bonchev–Trinajstić information content (AvgIpc) is 2.82. The van der Waals surface area contributed by atoms with Gasteiger partial charge in [-0.25, -0.2) is 4.79 Å². The lowest BCUT2D eigenvalue weighted by Crippen LogP contribution is -2.55. The van der Waals surface area contributed by atoms with Crippen molar-refractivity contribution in [3.63, 3.8) is 0 Å². The molecular formula is C24H31N3O5S. The Morgan fingerprint density at radius 2 is 1.55 bits per heavy atom. The number of carbonyl (C=O) groups is 3. The molecule has 9 heteroatoms. The molecule has 0 radical (unpaired) electrons. The Morgan fingerprint density at radius 1 is 0.939 bits per heavy atom. The summed E-state index contributed by atoms with van der Waals surface area (Å²) in [7, 11) is 1.27. The monoisotopic (exact) mass is 473 g/mol. The molecule has 0 aromatic heterocycles. The Bertz CT molecular complexity index is 908. The van der Waals surface area contributed by atoms with Gasteiger partial charge in [-0.1, -0.05) is 42.5 Å². The molecule has 0 fully saturated rings. The first kappa shape index (κ1) is 26.2. The highest BCUT2D eigenvalue weighted by Gasteiger charge is 2.28. The number of nitrogens with one attached hydrogen (secondary N) is 2. The van der Waals surface area contributed by atoms with Crippen LogP contribution in [0.25, 0.3) is 0 Å². The van der Waals surface area contributed by atoms with E-state index in [0.29, 0.717) is 12.2 Å². The summed E-state index contributed by atoms with van der Waals surface area (Å²) in [5.41, 5.74) is 7.71. The summed E-state index contributed by atoms with van der Waals surface area (Å²) < 4.78 is 4.86. The van der Waals surface area contributed by atoms with Crippen molar-refractivity contribution in [2.45, 2.75) is 37.4 Å². The van der Waals surface area contributed by atoms with Crippen molar-refractivity contribution in [1.82, 2.24) is 10.6 Å². The predicted octanol–water partition coefficient (Wildman–Crippen LogP) is 1.40. The highest BCUT2D eigenvalue weighted by atomic mass is 32.2. The summed E-state index contributed by atoms with van der Waals surface area (Å²) >= 11 is 1.54. The SMILES string of the molecule is COC(=O)[C@H](Cc1ccccc1)NC(=O)[C@@H](CCSC)NC(=O)[C@@H](N)Cc1ccc(O)cc1. The zero-order valence-corrected chi connectivity index (χ0v) is 19.6. The van der Waals surface area contributed by atoms with Gasteiger partial charge in [-0.15, -0.1) is 0 Å². The van der Waals surface area contributed by atoms with E-state index in [2.05, 4.69) is 10.6 Å². The average molecular weight is 474 g/mol. The number of carbonyl (C=O) groups excluding carboxylic acids is 3. The Labute approximate surface area is 198 Å². The number of hydrogen-bond donors (Lipinski definition) is 4. The first-order valence-electron chi connectivity index (χ1n) is 10.6. The Balaban J connectivity index is 2.05. The highest BCUT2D eigenvalue weighted by molar-refractivity contribution is 7.98. The number of phenols is 1. The molecule has 0 aliphatic carbocycles. The second-order valence-corrected chi connectivity index (χ2v) is 8.58. The molecule has 0 saturated heterocycles. The van der Waals surface area contributed by atoms with Crippen LogP contribution in [-0.4, -0.2) is 60.1 Å². The lowest BCUT2D eigenvalue weighted by atomic mass is 10.0. The van der Waals surface area contributed by atoms with Gasteiger partial charge in [-0.2, -0.15) is 11.8 Å². The van der Waals surface area contributed by atoms with Crippen LogP contribution in [0.15, 0.2) is 54.6 Å². The third kappa shape index (κ3) is 8.78. The van der Waals surface area contributed by atoms with Crippen LogP contribution in [0, 0.1) is 0 Å². The van der Waals surface area contributed by atoms with Crippen LogP contribution in [0.3, 0.4) is 0 Å². The van der Waals surface area contributed by atoms with Crippen molar-refractivity contribution >= 4 is 29.5 Å². The number of thioether (sulfide) groups is 1. The van der Waals surface area contributed by atoms with E-state index in [0.717, 1.165) is 11.1 Å². The number of amides is 2. The van der Waals surface area contributed by atoms with Crippen molar-refractivity contribution in [2.75, 3.05) is 19.1 Å². The summed E-state index contributed by atoms with van der Waals surface area (Å²) in [5, 5.41) is 14.8. The normalized spacial score (nSPS) is 13.4. The summed E-state index contributed by atoms with van der Waals surface area (Å²) in [6, 6.07) is 13.1. The summed E-state index contributed by atoms with van der Waals surface area (Å²) in [6.45, 7) is 0. The second kappa shape index (κ2) is 13.5. The van der Waals surface area contributed by atoms with E-state index < -0.39 is 35.9 Å². The van der Waals surface area contributed by atoms with E-state index >= 15 is 0 Å². The van der Waals surface area contributed by atoms with E-state index in [-0.39, 0.29) is 18.6 Å². The van der Waals surface area contributed by atoms with Gasteiger partial charge in [-0.3, -0.25) is 9.59 Å². The lowest BCUT2D eigenvalue weighted by Gasteiger charge is -2.23. The number of phenolic OH excluding ortho intramolecular Hbond substituents is 1. The number of benzene rings is 2. The predicted molar refractivity (Wildman–Crippen MR) is 129 cm³/mol. The van der Waals surface area contributed by atoms with Crippen molar-refractivity contribution in [2.24, 2.45) is 5.73 Å². The molecule has 5 N–H and O–H groups in total. The van der Waals surface area contributed by atoms with E-state index in [1.165, 1.54) is 19.2 Å². The zero-order valence-electron chi connectivity index (χ0n) is 18.8. The maximum absolute atomic E-state index is 13.0. The fourth-order valence-electron chi connectivity index (χ4n) is 3.22. The smallest absolute Gasteiger partial charge is 0.328 e. The highest BCUT2D eigenvalue weighted by Crippen LogP contribution is 2.11. The molecule has 8 nitrogen and oxygen atoms in total. The standard InChI is InChI=1S/C24H31N3O5S/c1-32-24(31)21(15-16-6-4-3-5-7-16)27-23(30)20(12-13-33-2)26-22(29)19(25)14-17-8-10-18(28)11-9-17/h3-11,19-21,28H,12-15,25H2,1-2H3,(H,26,29)(H,27,30)/t19-,20+,21-/m0/s1. The minimum atomic E-state index is -0.885. The first-order valence-corrected chi connectivity index (χ1v) is 12.0. The quantitative estimate of drug-likeness (QED) is 0.343. The largest absolute Gasteiger partial charge is 0.508 e. The van der Waals surface area contributed by atoms with Gasteiger partial charge in [0.1, 0.15) is 17.8 Å². The molecule has 3 atom stereocenters. The molecule has 2 aromatic carbocycles. The van der Waals surface area contributed by atoms with Crippen LogP contribution >= 0.6 is 11.8 Å². The topological polar surface area (TPSA) is 131 Å². The molecule has 0 saturated carbocycles. The molecule has 178 valence electrons. The molecule has 0 bridgehead atoms. The Morgan fingerprint density at radius 3 is 2.15 bits per heavy atom. The second-order valence-electron chi connectivity index (χ2n) is 7.59.